The van der Waals surface area contributed by atoms with Crippen molar-refractivity contribution in [3.8, 4) is 5.75 Å². The van der Waals surface area contributed by atoms with Gasteiger partial charge in [0.05, 0.1) is 10.0 Å². The first kappa shape index (κ1) is 15.8. The van der Waals surface area contributed by atoms with Crippen LogP contribution < -0.4 is 15.8 Å². The van der Waals surface area contributed by atoms with Gasteiger partial charge < -0.3 is 15.8 Å². The summed E-state index contributed by atoms with van der Waals surface area (Å²) in [4.78, 5) is 11.6. The third-order valence-corrected chi connectivity index (χ3v) is 2.62. The van der Waals surface area contributed by atoms with Crippen molar-refractivity contribution >= 4 is 27.5 Å². The Balaban J connectivity index is 2.86. The molecule has 0 unspecified atom stereocenters. The Labute approximate surface area is 116 Å². The van der Waals surface area contributed by atoms with Crippen LogP contribution in [0.3, 0.4) is 0 Å². The van der Waals surface area contributed by atoms with E-state index in [1.165, 1.54) is 26.0 Å². The van der Waals surface area contributed by atoms with Crippen LogP contribution in [-0.4, -0.2) is 17.8 Å². The van der Waals surface area contributed by atoms with Crippen LogP contribution in [-0.2, 0) is 4.79 Å². The van der Waals surface area contributed by atoms with E-state index < -0.39 is 23.6 Å². The quantitative estimate of drug-likeness (QED) is 0.888. The van der Waals surface area contributed by atoms with Gasteiger partial charge in [-0.15, -0.1) is 13.2 Å². The Morgan fingerprint density at radius 2 is 1.95 bits per heavy atom. The fourth-order valence-corrected chi connectivity index (χ4v) is 1.54. The Morgan fingerprint density at radius 1 is 1.37 bits per heavy atom. The van der Waals surface area contributed by atoms with Gasteiger partial charge in [-0.25, -0.2) is 0 Å². The molecule has 0 bridgehead atoms. The lowest BCUT2D eigenvalue weighted by Crippen LogP contribution is -2.45. The summed E-state index contributed by atoms with van der Waals surface area (Å²) in [6, 6.07) is 3.68. The molecular formula is C11H12BrF3N2O2. The van der Waals surface area contributed by atoms with E-state index in [0.29, 0.717) is 5.69 Å². The molecule has 1 amide bonds. The number of rotatable bonds is 3. The largest absolute Gasteiger partial charge is 0.573 e. The molecule has 0 spiro atoms. The summed E-state index contributed by atoms with van der Waals surface area (Å²) in [7, 11) is 0. The molecule has 0 aliphatic rings. The maximum absolute atomic E-state index is 12.1. The van der Waals surface area contributed by atoms with E-state index in [1.54, 1.807) is 0 Å². The van der Waals surface area contributed by atoms with Gasteiger partial charge in [-0.05, 0) is 48.0 Å². The lowest BCUT2D eigenvalue weighted by atomic mass is 10.1. The molecule has 1 aromatic rings. The Morgan fingerprint density at radius 3 is 2.37 bits per heavy atom. The summed E-state index contributed by atoms with van der Waals surface area (Å²) in [5.41, 5.74) is 4.80. The molecule has 0 aromatic heterocycles. The molecule has 0 heterocycles. The predicted octanol–water partition coefficient (Wildman–Crippen LogP) is 3.02. The van der Waals surface area contributed by atoms with Gasteiger partial charge in [-0.2, -0.15) is 0 Å². The molecule has 0 fully saturated rings. The van der Waals surface area contributed by atoms with Crippen molar-refractivity contribution in [3.63, 3.8) is 0 Å². The first-order valence-electron chi connectivity index (χ1n) is 5.15. The second-order valence-electron chi connectivity index (χ2n) is 4.37. The first-order chi connectivity index (χ1) is 8.49. The van der Waals surface area contributed by atoms with Crippen LogP contribution in [0.15, 0.2) is 22.7 Å². The van der Waals surface area contributed by atoms with E-state index in [9.17, 15) is 18.0 Å². The number of nitrogens with two attached hydrogens (primary N) is 1. The molecule has 0 saturated heterocycles. The number of carbonyl (C=O) groups excluding carboxylic acids is 1. The van der Waals surface area contributed by atoms with Crippen molar-refractivity contribution in [1.82, 2.24) is 0 Å². The second-order valence-corrected chi connectivity index (χ2v) is 5.22. The molecule has 1 rings (SSSR count). The van der Waals surface area contributed by atoms with E-state index in [4.69, 9.17) is 5.73 Å². The van der Waals surface area contributed by atoms with Gasteiger partial charge in [0.2, 0.25) is 5.91 Å². The molecule has 3 N–H and O–H groups in total. The zero-order chi connectivity index (χ0) is 14.8. The third-order valence-electron chi connectivity index (χ3n) is 2.00. The summed E-state index contributed by atoms with van der Waals surface area (Å²) in [5.74, 6) is -0.846. The number of ether oxygens (including phenoxy) is 1. The van der Waals surface area contributed by atoms with Crippen molar-refractivity contribution in [2.45, 2.75) is 25.7 Å². The highest BCUT2D eigenvalue weighted by atomic mass is 79.9. The molecule has 0 atom stereocenters. The fraction of sp³-hybridized carbons (Fsp3) is 0.364. The lowest BCUT2D eigenvalue weighted by molar-refractivity contribution is -0.274. The average molecular weight is 341 g/mol. The predicted molar refractivity (Wildman–Crippen MR) is 67.7 cm³/mol. The number of hydrogen-bond donors (Lipinski definition) is 2. The number of amides is 1. The van der Waals surface area contributed by atoms with Crippen LogP contribution in [0.5, 0.6) is 5.75 Å². The van der Waals surface area contributed by atoms with Crippen LogP contribution >= 0.6 is 15.9 Å². The minimum atomic E-state index is -4.77. The zero-order valence-corrected chi connectivity index (χ0v) is 11.7. The molecule has 4 nitrogen and oxygen atoms in total. The maximum atomic E-state index is 12.1. The second kappa shape index (κ2) is 5.38. The number of anilines is 1. The number of carbonyl (C=O) groups is 1. The highest BCUT2D eigenvalue weighted by Gasteiger charge is 2.32. The number of nitrogens with one attached hydrogen (secondary N) is 1. The monoisotopic (exact) mass is 340 g/mol. The number of hydrogen-bond acceptors (Lipinski definition) is 3. The van der Waals surface area contributed by atoms with E-state index in [0.717, 1.165) is 6.07 Å². The minimum absolute atomic E-state index is 0.0671. The minimum Gasteiger partial charge on any atom is -0.405 e. The topological polar surface area (TPSA) is 64.4 Å². The van der Waals surface area contributed by atoms with Crippen molar-refractivity contribution < 1.29 is 22.7 Å². The summed E-state index contributed by atoms with van der Waals surface area (Å²) >= 11 is 2.93. The molecule has 8 heteroatoms. The molecular weight excluding hydrogens is 329 g/mol. The highest BCUT2D eigenvalue weighted by Crippen LogP contribution is 2.32. The van der Waals surface area contributed by atoms with Crippen molar-refractivity contribution in [3.05, 3.63) is 22.7 Å². The summed E-state index contributed by atoms with van der Waals surface area (Å²) in [6.45, 7) is 3.02. The number of halogens is 4. The number of alkyl halides is 3. The maximum Gasteiger partial charge on any atom is 0.573 e. The van der Waals surface area contributed by atoms with Crippen LogP contribution in [0.4, 0.5) is 18.9 Å². The van der Waals surface area contributed by atoms with E-state index in [1.807, 2.05) is 0 Å². The average Bonchev–Trinajstić information content (AvgIpc) is 2.19. The van der Waals surface area contributed by atoms with Gasteiger partial charge in [0.1, 0.15) is 5.75 Å². The van der Waals surface area contributed by atoms with E-state index >= 15 is 0 Å². The van der Waals surface area contributed by atoms with Crippen LogP contribution in [0.1, 0.15) is 13.8 Å². The smallest absolute Gasteiger partial charge is 0.405 e. The Kier molecular flexibility index (Phi) is 4.46. The van der Waals surface area contributed by atoms with Crippen LogP contribution in [0.25, 0.3) is 0 Å². The van der Waals surface area contributed by atoms with Gasteiger partial charge >= 0.3 is 6.36 Å². The SMILES string of the molecule is CC(C)(N)C(=O)Nc1ccc(OC(F)(F)F)c(Br)c1. The van der Waals surface area contributed by atoms with Gasteiger partial charge in [0, 0.05) is 5.69 Å². The Bertz CT molecular complexity index is 484. The van der Waals surface area contributed by atoms with Gasteiger partial charge in [-0.1, -0.05) is 0 Å². The Hall–Kier alpha value is -1.28. The van der Waals surface area contributed by atoms with Crippen LogP contribution in [0.2, 0.25) is 0 Å². The van der Waals surface area contributed by atoms with E-state index in [2.05, 4.69) is 26.0 Å². The van der Waals surface area contributed by atoms with E-state index in [-0.39, 0.29) is 4.47 Å². The molecule has 0 aliphatic carbocycles. The highest BCUT2D eigenvalue weighted by molar-refractivity contribution is 9.10. The van der Waals surface area contributed by atoms with Crippen molar-refractivity contribution in [2.75, 3.05) is 5.32 Å². The van der Waals surface area contributed by atoms with Gasteiger partial charge in [0.25, 0.3) is 0 Å². The van der Waals surface area contributed by atoms with Gasteiger partial charge in [0.15, 0.2) is 0 Å². The zero-order valence-electron chi connectivity index (χ0n) is 10.1. The summed E-state index contributed by atoms with van der Waals surface area (Å²) in [6.07, 6.45) is -4.77. The fourth-order valence-electron chi connectivity index (χ4n) is 1.08. The summed E-state index contributed by atoms with van der Waals surface area (Å²) < 4.78 is 40.0. The standard InChI is InChI=1S/C11H12BrF3N2O2/c1-10(2,16)9(18)17-6-3-4-8(7(12)5-6)19-11(13,14)15/h3-5H,16H2,1-2H3,(H,17,18). The molecule has 106 valence electrons. The third kappa shape index (κ3) is 5.07. The molecule has 19 heavy (non-hydrogen) atoms. The first-order valence-corrected chi connectivity index (χ1v) is 5.94. The van der Waals surface area contributed by atoms with Crippen molar-refractivity contribution in [2.24, 2.45) is 5.73 Å². The van der Waals surface area contributed by atoms with Crippen LogP contribution in [0, 0.1) is 0 Å². The molecule has 0 saturated carbocycles. The normalized spacial score (nSPS) is 12.2. The molecule has 1 aromatic carbocycles. The summed E-state index contributed by atoms with van der Waals surface area (Å²) in [5, 5.41) is 2.48. The number of benzene rings is 1. The van der Waals surface area contributed by atoms with Crippen molar-refractivity contribution in [1.29, 1.82) is 0 Å². The molecule has 0 aliphatic heterocycles. The van der Waals surface area contributed by atoms with Gasteiger partial charge in [-0.3, -0.25) is 4.79 Å². The lowest BCUT2D eigenvalue weighted by Gasteiger charge is -2.18. The molecule has 0 radical (unpaired) electrons.